The number of furan rings is 2. The molecule has 0 aliphatic heterocycles. The third-order valence-electron chi connectivity index (χ3n) is 3.82. The van der Waals surface area contributed by atoms with Crippen LogP contribution in [0.2, 0.25) is 0 Å². The van der Waals surface area contributed by atoms with Gasteiger partial charge in [-0.15, -0.1) is 0 Å². The van der Waals surface area contributed by atoms with Crippen LogP contribution in [-0.2, 0) is 17.9 Å². The van der Waals surface area contributed by atoms with Gasteiger partial charge in [0.05, 0.1) is 18.2 Å². The molecule has 0 radical (unpaired) electrons. The molecule has 6 heteroatoms. The van der Waals surface area contributed by atoms with E-state index in [0.29, 0.717) is 13.1 Å². The number of benzene rings is 1. The first-order valence-electron chi connectivity index (χ1n) is 8.04. The van der Waals surface area contributed by atoms with Crippen LogP contribution in [0, 0.1) is 12.7 Å². The van der Waals surface area contributed by atoms with Crippen LogP contribution < -0.4 is 10.2 Å². The summed E-state index contributed by atoms with van der Waals surface area (Å²) in [6.45, 7) is 3.01. The lowest BCUT2D eigenvalue weighted by Crippen LogP contribution is -3.10. The molecule has 0 saturated carbocycles. The van der Waals surface area contributed by atoms with Crippen molar-refractivity contribution in [2.75, 3.05) is 11.9 Å². The monoisotopic (exact) mass is 343 g/mol. The van der Waals surface area contributed by atoms with E-state index in [0.717, 1.165) is 22.0 Å². The normalized spacial score (nSPS) is 11.0. The van der Waals surface area contributed by atoms with Gasteiger partial charge in [-0.25, -0.2) is 4.39 Å². The Labute approximate surface area is 145 Å². The van der Waals surface area contributed by atoms with Crippen LogP contribution in [0.1, 0.15) is 17.1 Å². The van der Waals surface area contributed by atoms with Crippen molar-refractivity contribution in [1.82, 2.24) is 0 Å². The molecule has 0 bridgehead atoms. The number of carbonyl (C=O) groups is 1. The van der Waals surface area contributed by atoms with Crippen LogP contribution in [0.5, 0.6) is 0 Å². The Morgan fingerprint density at radius 1 is 1.08 bits per heavy atom. The smallest absolute Gasteiger partial charge is 0.279 e. The summed E-state index contributed by atoms with van der Waals surface area (Å²) in [5.74, 6) is 0.842. The summed E-state index contributed by atoms with van der Waals surface area (Å²) in [5.41, 5.74) is 0.990. The number of amides is 1. The molecule has 25 heavy (non-hydrogen) atoms. The fraction of sp³-hybridized carbons (Fsp3) is 0.211. The third-order valence-corrected chi connectivity index (χ3v) is 3.82. The number of nitrogens with one attached hydrogen (secondary N) is 2. The molecule has 0 aliphatic rings. The van der Waals surface area contributed by atoms with Crippen molar-refractivity contribution in [2.24, 2.45) is 0 Å². The summed E-state index contributed by atoms with van der Waals surface area (Å²) >= 11 is 0. The molecule has 1 aromatic carbocycles. The number of quaternary nitrogens is 1. The second kappa shape index (κ2) is 7.81. The van der Waals surface area contributed by atoms with E-state index in [1.165, 1.54) is 6.07 Å². The minimum absolute atomic E-state index is 0.161. The van der Waals surface area contributed by atoms with Gasteiger partial charge >= 0.3 is 0 Å². The number of carbonyl (C=O) groups excluding carboxylic acids is 1. The molecule has 3 aromatic rings. The molecule has 0 saturated heterocycles. The molecule has 130 valence electrons. The number of halogens is 1. The molecule has 0 fully saturated rings. The highest BCUT2D eigenvalue weighted by molar-refractivity contribution is 5.91. The van der Waals surface area contributed by atoms with Gasteiger partial charge in [0.1, 0.15) is 18.9 Å². The van der Waals surface area contributed by atoms with Gasteiger partial charge in [-0.3, -0.25) is 4.79 Å². The zero-order valence-corrected chi connectivity index (χ0v) is 13.9. The first-order chi connectivity index (χ1) is 12.1. The standard InChI is InChI=1S/C19H19FN2O3/c1-14-6-7-18(17(20)10-14)21-19(23)13-22(11-15-4-2-8-24-15)12-16-5-3-9-25-16/h2-10H,11-13H2,1H3,(H,21,23)/p+1. The van der Waals surface area contributed by atoms with E-state index in [1.54, 1.807) is 31.6 Å². The lowest BCUT2D eigenvalue weighted by molar-refractivity contribution is -0.921. The molecule has 3 rings (SSSR count). The largest absolute Gasteiger partial charge is 0.463 e. The topological polar surface area (TPSA) is 59.8 Å². The summed E-state index contributed by atoms with van der Waals surface area (Å²) < 4.78 is 24.7. The van der Waals surface area contributed by atoms with Gasteiger partial charge in [0, 0.05) is 0 Å². The van der Waals surface area contributed by atoms with E-state index in [-0.39, 0.29) is 18.1 Å². The SMILES string of the molecule is Cc1ccc(NC(=O)C[NH+](Cc2ccco2)Cc2ccco2)c(F)c1. The maximum absolute atomic E-state index is 13.9. The van der Waals surface area contributed by atoms with Gasteiger partial charge in [0.25, 0.3) is 5.91 Å². The first kappa shape index (κ1) is 17.0. The number of anilines is 1. The van der Waals surface area contributed by atoms with Crippen LogP contribution in [0.25, 0.3) is 0 Å². The maximum Gasteiger partial charge on any atom is 0.279 e. The van der Waals surface area contributed by atoms with Crippen LogP contribution >= 0.6 is 0 Å². The van der Waals surface area contributed by atoms with Gasteiger partial charge < -0.3 is 19.1 Å². The molecule has 0 aliphatic carbocycles. The second-order valence-electron chi connectivity index (χ2n) is 5.97. The second-order valence-corrected chi connectivity index (χ2v) is 5.97. The fourth-order valence-electron chi connectivity index (χ4n) is 2.65. The Kier molecular flexibility index (Phi) is 5.30. The minimum atomic E-state index is -0.438. The van der Waals surface area contributed by atoms with Gasteiger partial charge in [-0.05, 0) is 48.9 Å². The molecule has 2 aromatic heterocycles. The van der Waals surface area contributed by atoms with E-state index in [2.05, 4.69) is 5.32 Å². The number of aryl methyl sites for hydroxylation is 1. The van der Waals surface area contributed by atoms with Crippen molar-refractivity contribution in [3.63, 3.8) is 0 Å². The predicted octanol–water partition coefficient (Wildman–Crippen LogP) is 2.54. The van der Waals surface area contributed by atoms with Gasteiger partial charge in [-0.2, -0.15) is 0 Å². The molecule has 5 nitrogen and oxygen atoms in total. The van der Waals surface area contributed by atoms with E-state index >= 15 is 0 Å². The molecule has 2 N–H and O–H groups in total. The average Bonchev–Trinajstić information content (AvgIpc) is 3.24. The highest BCUT2D eigenvalue weighted by atomic mass is 19.1. The van der Waals surface area contributed by atoms with E-state index in [9.17, 15) is 9.18 Å². The maximum atomic E-state index is 13.9. The van der Waals surface area contributed by atoms with Crippen LogP contribution in [0.15, 0.2) is 63.8 Å². The number of hydrogen-bond acceptors (Lipinski definition) is 3. The Balaban J connectivity index is 1.66. The zero-order valence-electron chi connectivity index (χ0n) is 13.9. The molecule has 2 heterocycles. The fourth-order valence-corrected chi connectivity index (χ4v) is 2.65. The molecule has 0 spiro atoms. The Bertz CT molecular complexity index is 777. The zero-order chi connectivity index (χ0) is 17.6. The lowest BCUT2D eigenvalue weighted by atomic mass is 10.2. The number of rotatable bonds is 7. The first-order valence-corrected chi connectivity index (χ1v) is 8.04. The van der Waals surface area contributed by atoms with Crippen LogP contribution in [-0.4, -0.2) is 12.5 Å². The molecular formula is C19H20FN2O3+. The lowest BCUT2D eigenvalue weighted by Gasteiger charge is -2.17. The summed E-state index contributed by atoms with van der Waals surface area (Å²) in [5, 5.41) is 2.63. The van der Waals surface area contributed by atoms with Crippen molar-refractivity contribution in [3.05, 3.63) is 77.9 Å². The van der Waals surface area contributed by atoms with E-state index in [4.69, 9.17) is 8.83 Å². The van der Waals surface area contributed by atoms with Crippen molar-refractivity contribution >= 4 is 11.6 Å². The summed E-state index contributed by atoms with van der Waals surface area (Å²) in [7, 11) is 0. The Morgan fingerprint density at radius 2 is 1.72 bits per heavy atom. The highest BCUT2D eigenvalue weighted by Crippen LogP contribution is 2.14. The highest BCUT2D eigenvalue weighted by Gasteiger charge is 2.19. The van der Waals surface area contributed by atoms with E-state index < -0.39 is 5.82 Å². The number of hydrogen-bond donors (Lipinski definition) is 2. The van der Waals surface area contributed by atoms with Gasteiger partial charge in [-0.1, -0.05) is 6.07 Å². The third kappa shape index (κ3) is 4.81. The van der Waals surface area contributed by atoms with Crippen LogP contribution in [0.4, 0.5) is 10.1 Å². The van der Waals surface area contributed by atoms with Crippen molar-refractivity contribution in [3.8, 4) is 0 Å². The van der Waals surface area contributed by atoms with Crippen molar-refractivity contribution in [1.29, 1.82) is 0 Å². The Morgan fingerprint density at radius 3 is 2.24 bits per heavy atom. The quantitative estimate of drug-likeness (QED) is 0.693. The Hall–Kier alpha value is -2.86. The average molecular weight is 343 g/mol. The van der Waals surface area contributed by atoms with Crippen molar-refractivity contribution < 1.29 is 22.9 Å². The summed E-state index contributed by atoms with van der Waals surface area (Å²) in [6, 6.07) is 12.1. The molecular weight excluding hydrogens is 323 g/mol. The van der Waals surface area contributed by atoms with Crippen molar-refractivity contribution in [2.45, 2.75) is 20.0 Å². The minimum Gasteiger partial charge on any atom is -0.463 e. The van der Waals surface area contributed by atoms with E-state index in [1.807, 2.05) is 24.3 Å². The molecule has 1 amide bonds. The van der Waals surface area contributed by atoms with Crippen LogP contribution in [0.3, 0.4) is 0 Å². The molecule has 0 unspecified atom stereocenters. The summed E-state index contributed by atoms with van der Waals surface area (Å²) in [4.78, 5) is 13.3. The van der Waals surface area contributed by atoms with Gasteiger partial charge in [0.15, 0.2) is 18.1 Å². The van der Waals surface area contributed by atoms with Gasteiger partial charge in [0.2, 0.25) is 0 Å². The summed E-state index contributed by atoms with van der Waals surface area (Å²) in [6.07, 6.45) is 3.20. The molecule has 0 atom stereocenters. The predicted molar refractivity (Wildman–Crippen MR) is 90.4 cm³/mol.